The summed E-state index contributed by atoms with van der Waals surface area (Å²) in [7, 11) is 0. The Bertz CT molecular complexity index is 397. The van der Waals surface area contributed by atoms with Gasteiger partial charge in [-0.2, -0.15) is 0 Å². The summed E-state index contributed by atoms with van der Waals surface area (Å²) in [4.78, 5) is 6.47. The minimum absolute atomic E-state index is 0.0739. The van der Waals surface area contributed by atoms with Gasteiger partial charge in [0.2, 0.25) is 0 Å². The molecule has 0 amide bonds. The van der Waals surface area contributed by atoms with Gasteiger partial charge >= 0.3 is 0 Å². The second-order valence-electron chi connectivity index (χ2n) is 2.91. The first-order valence-electron chi connectivity index (χ1n) is 4.13. The van der Waals surface area contributed by atoms with Gasteiger partial charge in [0.05, 0.1) is 5.51 Å². The van der Waals surface area contributed by atoms with E-state index in [-0.39, 0.29) is 6.04 Å². The van der Waals surface area contributed by atoms with E-state index in [0.717, 1.165) is 10.9 Å². The Morgan fingerprint density at radius 2 is 2.36 bits per heavy atom. The molecular weight excluding hydrogens is 280 g/mol. The fourth-order valence-electron chi connectivity index (χ4n) is 1.22. The van der Waals surface area contributed by atoms with Crippen LogP contribution in [-0.4, -0.2) is 4.98 Å². The number of hydrogen-bond donors (Lipinski definition) is 1. The van der Waals surface area contributed by atoms with Crippen LogP contribution >= 0.6 is 38.6 Å². The largest absolute Gasteiger partial charge is 0.323 e. The molecule has 2 N–H and O–H groups in total. The van der Waals surface area contributed by atoms with Crippen molar-refractivity contribution in [3.63, 3.8) is 0 Å². The van der Waals surface area contributed by atoms with E-state index < -0.39 is 0 Å². The summed E-state index contributed by atoms with van der Waals surface area (Å²) in [6, 6.07) is 2.11. The molecule has 0 bridgehead atoms. The van der Waals surface area contributed by atoms with E-state index in [0.29, 0.717) is 0 Å². The third kappa shape index (κ3) is 2.23. The lowest BCUT2D eigenvalue weighted by atomic mass is 10.2. The van der Waals surface area contributed by atoms with Crippen LogP contribution < -0.4 is 5.73 Å². The topological polar surface area (TPSA) is 38.9 Å². The first kappa shape index (κ1) is 10.3. The number of nitrogens with two attached hydrogens (primary N) is 1. The zero-order valence-corrected chi connectivity index (χ0v) is 10.5. The van der Waals surface area contributed by atoms with Crippen LogP contribution in [0.25, 0.3) is 0 Å². The van der Waals surface area contributed by atoms with Crippen molar-refractivity contribution in [2.75, 3.05) is 0 Å². The standard InChI is InChI=1S/C9H9BrN2S2/c10-7-1-2-13-9(7)8(11)3-6-4-12-5-14-6/h1-2,4-5,8H,3,11H2. The molecule has 2 nitrogen and oxygen atoms in total. The van der Waals surface area contributed by atoms with Crippen molar-refractivity contribution in [3.8, 4) is 0 Å². The highest BCUT2D eigenvalue weighted by Gasteiger charge is 2.12. The van der Waals surface area contributed by atoms with Crippen LogP contribution in [0.15, 0.2) is 27.6 Å². The summed E-state index contributed by atoms with van der Waals surface area (Å²) >= 11 is 6.83. The molecule has 2 rings (SSSR count). The molecule has 0 aliphatic carbocycles. The van der Waals surface area contributed by atoms with E-state index in [1.807, 2.05) is 23.2 Å². The zero-order chi connectivity index (χ0) is 9.97. The number of rotatable bonds is 3. The molecule has 0 saturated carbocycles. The van der Waals surface area contributed by atoms with Gasteiger partial charge in [-0.15, -0.1) is 22.7 Å². The van der Waals surface area contributed by atoms with Gasteiger partial charge in [0, 0.05) is 32.9 Å². The smallest absolute Gasteiger partial charge is 0.0794 e. The lowest BCUT2D eigenvalue weighted by Crippen LogP contribution is -2.11. The predicted molar refractivity (Wildman–Crippen MR) is 64.8 cm³/mol. The van der Waals surface area contributed by atoms with E-state index in [2.05, 4.69) is 20.9 Å². The van der Waals surface area contributed by atoms with E-state index in [1.54, 1.807) is 22.7 Å². The second kappa shape index (κ2) is 4.53. The molecular formula is C9H9BrN2S2. The fourth-order valence-corrected chi connectivity index (χ4v) is 3.55. The van der Waals surface area contributed by atoms with E-state index in [1.165, 1.54) is 9.75 Å². The summed E-state index contributed by atoms with van der Waals surface area (Å²) in [6.07, 6.45) is 2.75. The lowest BCUT2D eigenvalue weighted by molar-refractivity contribution is 0.741. The van der Waals surface area contributed by atoms with Crippen LogP contribution in [0.1, 0.15) is 15.8 Å². The first-order chi connectivity index (χ1) is 6.77. The van der Waals surface area contributed by atoms with Crippen LogP contribution in [0.4, 0.5) is 0 Å². The maximum Gasteiger partial charge on any atom is 0.0794 e. The Balaban J connectivity index is 2.10. The molecule has 0 aromatic carbocycles. The number of thiazole rings is 1. The van der Waals surface area contributed by atoms with Crippen molar-refractivity contribution < 1.29 is 0 Å². The quantitative estimate of drug-likeness (QED) is 0.942. The van der Waals surface area contributed by atoms with Crippen LogP contribution in [0.2, 0.25) is 0 Å². The minimum Gasteiger partial charge on any atom is -0.323 e. The highest BCUT2D eigenvalue weighted by atomic mass is 79.9. The maximum atomic E-state index is 6.09. The summed E-state index contributed by atoms with van der Waals surface area (Å²) in [5.74, 6) is 0. The third-order valence-electron chi connectivity index (χ3n) is 1.89. The van der Waals surface area contributed by atoms with Crippen molar-refractivity contribution in [2.45, 2.75) is 12.5 Å². The summed E-state index contributed by atoms with van der Waals surface area (Å²) in [6.45, 7) is 0. The van der Waals surface area contributed by atoms with Gasteiger partial charge in [0.25, 0.3) is 0 Å². The highest BCUT2D eigenvalue weighted by Crippen LogP contribution is 2.30. The van der Waals surface area contributed by atoms with Crippen LogP contribution in [0.3, 0.4) is 0 Å². The molecule has 14 heavy (non-hydrogen) atoms. The van der Waals surface area contributed by atoms with E-state index >= 15 is 0 Å². The molecule has 0 saturated heterocycles. The second-order valence-corrected chi connectivity index (χ2v) is 5.68. The van der Waals surface area contributed by atoms with E-state index in [4.69, 9.17) is 5.73 Å². The van der Waals surface area contributed by atoms with Gasteiger partial charge in [0.15, 0.2) is 0 Å². The maximum absolute atomic E-state index is 6.09. The van der Waals surface area contributed by atoms with Gasteiger partial charge in [-0.25, -0.2) is 0 Å². The predicted octanol–water partition coefficient (Wildman–Crippen LogP) is 3.21. The molecule has 0 aliphatic heterocycles. The molecule has 0 fully saturated rings. The summed E-state index contributed by atoms with van der Waals surface area (Å²) < 4.78 is 1.11. The Labute approximate surface area is 98.9 Å². The van der Waals surface area contributed by atoms with Gasteiger partial charge in [-0.1, -0.05) is 0 Å². The number of aromatic nitrogens is 1. The van der Waals surface area contributed by atoms with Gasteiger partial charge in [-0.05, 0) is 27.4 Å². The van der Waals surface area contributed by atoms with Crippen molar-refractivity contribution in [1.29, 1.82) is 0 Å². The summed E-state index contributed by atoms with van der Waals surface area (Å²) in [5, 5.41) is 2.05. The molecule has 1 atom stereocenters. The Hall–Kier alpha value is -0.230. The molecule has 0 aliphatic rings. The SMILES string of the molecule is NC(Cc1cncs1)c1sccc1Br. The molecule has 2 heterocycles. The van der Waals surface area contributed by atoms with E-state index in [9.17, 15) is 0 Å². The van der Waals surface area contributed by atoms with Crippen LogP contribution in [0.5, 0.6) is 0 Å². The molecule has 2 aromatic rings. The van der Waals surface area contributed by atoms with Crippen molar-refractivity contribution in [1.82, 2.24) is 4.98 Å². The molecule has 0 radical (unpaired) electrons. The normalized spacial score (nSPS) is 13.0. The average molecular weight is 289 g/mol. The molecule has 0 spiro atoms. The number of hydrogen-bond acceptors (Lipinski definition) is 4. The average Bonchev–Trinajstić information content (AvgIpc) is 2.75. The minimum atomic E-state index is 0.0739. The molecule has 2 aromatic heterocycles. The number of nitrogens with zero attached hydrogens (tertiary/aromatic N) is 1. The lowest BCUT2D eigenvalue weighted by Gasteiger charge is -2.08. The first-order valence-corrected chi connectivity index (χ1v) is 6.68. The third-order valence-corrected chi connectivity index (χ3v) is 4.69. The van der Waals surface area contributed by atoms with Crippen LogP contribution in [-0.2, 0) is 6.42 Å². The monoisotopic (exact) mass is 288 g/mol. The van der Waals surface area contributed by atoms with Gasteiger partial charge < -0.3 is 5.73 Å². The molecule has 1 unspecified atom stereocenters. The Morgan fingerprint density at radius 3 is 2.93 bits per heavy atom. The summed E-state index contributed by atoms with van der Waals surface area (Å²) in [5.41, 5.74) is 7.93. The Kier molecular flexibility index (Phi) is 3.33. The molecule has 5 heteroatoms. The zero-order valence-electron chi connectivity index (χ0n) is 7.31. The van der Waals surface area contributed by atoms with Crippen molar-refractivity contribution >= 4 is 38.6 Å². The van der Waals surface area contributed by atoms with Crippen molar-refractivity contribution in [3.05, 3.63) is 37.4 Å². The number of halogens is 1. The highest BCUT2D eigenvalue weighted by molar-refractivity contribution is 9.10. The van der Waals surface area contributed by atoms with Gasteiger partial charge in [0.1, 0.15) is 0 Å². The van der Waals surface area contributed by atoms with Crippen LogP contribution in [0, 0.1) is 0 Å². The number of thiophene rings is 1. The van der Waals surface area contributed by atoms with Crippen molar-refractivity contribution in [2.24, 2.45) is 5.73 Å². The Morgan fingerprint density at radius 1 is 1.50 bits per heavy atom. The van der Waals surface area contributed by atoms with Gasteiger partial charge in [-0.3, -0.25) is 4.98 Å². The fraction of sp³-hybridized carbons (Fsp3) is 0.222. The molecule has 74 valence electrons.